The number of aliphatic carboxylic acids is 1. The first kappa shape index (κ1) is 21.8. The molecule has 1 atom stereocenters. The van der Waals surface area contributed by atoms with Gasteiger partial charge in [0, 0.05) is 22.9 Å². The van der Waals surface area contributed by atoms with E-state index in [9.17, 15) is 15.0 Å². The zero-order chi connectivity index (χ0) is 23.0. The van der Waals surface area contributed by atoms with Crippen LogP contribution in [0.1, 0.15) is 56.7 Å². The second-order valence-corrected chi connectivity index (χ2v) is 8.91. The van der Waals surface area contributed by atoms with Gasteiger partial charge in [-0.3, -0.25) is 0 Å². The molecule has 7 heteroatoms. The first-order valence-corrected chi connectivity index (χ1v) is 10.6. The third-order valence-corrected chi connectivity index (χ3v) is 5.27. The smallest absolute Gasteiger partial charge is 0.337 e. The molecule has 1 aliphatic carbocycles. The molecular formula is C25H27N3O4. The van der Waals surface area contributed by atoms with Gasteiger partial charge in [-0.1, -0.05) is 18.2 Å². The fourth-order valence-electron chi connectivity index (χ4n) is 3.90. The molecule has 0 amide bonds. The van der Waals surface area contributed by atoms with Crippen molar-refractivity contribution in [1.82, 2.24) is 14.6 Å². The molecule has 3 aromatic rings. The molecule has 2 heterocycles. The van der Waals surface area contributed by atoms with Crippen molar-refractivity contribution in [3.8, 4) is 17.0 Å². The van der Waals surface area contributed by atoms with Gasteiger partial charge in [0.25, 0.3) is 0 Å². The van der Waals surface area contributed by atoms with E-state index in [1.807, 2.05) is 39.0 Å². The molecule has 32 heavy (non-hydrogen) atoms. The van der Waals surface area contributed by atoms with E-state index in [-0.39, 0.29) is 5.75 Å². The maximum Gasteiger partial charge on any atom is 0.337 e. The maximum absolute atomic E-state index is 12.3. The lowest BCUT2D eigenvalue weighted by Gasteiger charge is -2.27. The largest absolute Gasteiger partial charge is 0.508 e. The molecule has 0 saturated heterocycles. The number of hydrogen-bond acceptors (Lipinski definition) is 5. The first-order chi connectivity index (χ1) is 15.1. The first-order valence-electron chi connectivity index (χ1n) is 10.6. The van der Waals surface area contributed by atoms with Gasteiger partial charge in [0.2, 0.25) is 0 Å². The molecule has 2 N–H and O–H groups in total. The van der Waals surface area contributed by atoms with Crippen LogP contribution in [0.5, 0.6) is 5.75 Å². The summed E-state index contributed by atoms with van der Waals surface area (Å²) in [5.74, 6) is -0.977. The van der Waals surface area contributed by atoms with E-state index in [1.165, 1.54) is 0 Å². The van der Waals surface area contributed by atoms with Crippen LogP contribution in [-0.4, -0.2) is 36.4 Å². The van der Waals surface area contributed by atoms with Crippen molar-refractivity contribution in [1.29, 1.82) is 0 Å². The standard InChI is InChI=1S/C25H27N3O4/c1-15-21(23(24(30)31)32-25(2,3)4)22(17-10-12-18(29)13-11-17)28-20(26-15)14-19(27-28)16-8-6-5-7-9-16/h5-6,8,10-14,23,29H,7,9H2,1-4H3,(H,30,31). The van der Waals surface area contributed by atoms with Gasteiger partial charge in [-0.25, -0.2) is 14.3 Å². The van der Waals surface area contributed by atoms with Gasteiger partial charge in [0.1, 0.15) is 5.75 Å². The van der Waals surface area contributed by atoms with Crippen LogP contribution in [0, 0.1) is 6.92 Å². The summed E-state index contributed by atoms with van der Waals surface area (Å²) in [5, 5.41) is 24.7. The highest BCUT2D eigenvalue weighted by atomic mass is 16.5. The maximum atomic E-state index is 12.3. The van der Waals surface area contributed by atoms with Crippen LogP contribution in [0.25, 0.3) is 22.5 Å². The second kappa shape index (κ2) is 8.24. The number of allylic oxidation sites excluding steroid dienone is 4. The van der Waals surface area contributed by atoms with E-state index in [2.05, 4.69) is 6.08 Å². The molecule has 166 valence electrons. The van der Waals surface area contributed by atoms with Crippen LogP contribution < -0.4 is 0 Å². The van der Waals surface area contributed by atoms with E-state index < -0.39 is 17.7 Å². The Morgan fingerprint density at radius 2 is 1.94 bits per heavy atom. The Labute approximate surface area is 186 Å². The van der Waals surface area contributed by atoms with Gasteiger partial charge in [-0.05, 0) is 70.4 Å². The number of aryl methyl sites for hydroxylation is 1. The molecule has 1 unspecified atom stereocenters. The van der Waals surface area contributed by atoms with Crippen molar-refractivity contribution in [2.45, 2.75) is 52.2 Å². The van der Waals surface area contributed by atoms with Gasteiger partial charge >= 0.3 is 5.97 Å². The molecule has 0 spiro atoms. The average Bonchev–Trinajstić information content (AvgIpc) is 3.15. The number of carboxylic acids is 1. The summed E-state index contributed by atoms with van der Waals surface area (Å²) in [6.45, 7) is 7.25. The Morgan fingerprint density at radius 1 is 1.22 bits per heavy atom. The minimum Gasteiger partial charge on any atom is -0.508 e. The van der Waals surface area contributed by atoms with Crippen molar-refractivity contribution in [2.24, 2.45) is 0 Å². The number of nitrogens with zero attached hydrogens (tertiary/aromatic N) is 3. The fraction of sp³-hybridized carbons (Fsp3) is 0.320. The molecule has 2 aromatic heterocycles. The average molecular weight is 434 g/mol. The molecule has 0 fully saturated rings. The van der Waals surface area contributed by atoms with Gasteiger partial charge in [-0.2, -0.15) is 5.10 Å². The number of carboxylic acid groups (broad SMARTS) is 1. The molecule has 1 aromatic carbocycles. The Balaban J connectivity index is 2.01. The van der Waals surface area contributed by atoms with Crippen LogP contribution in [0.15, 0.2) is 48.6 Å². The number of carbonyl (C=O) groups is 1. The predicted octanol–water partition coefficient (Wildman–Crippen LogP) is 5.08. The lowest BCUT2D eigenvalue weighted by molar-refractivity contribution is -0.160. The summed E-state index contributed by atoms with van der Waals surface area (Å²) >= 11 is 0. The van der Waals surface area contributed by atoms with Crippen molar-refractivity contribution in [3.05, 3.63) is 65.5 Å². The summed E-state index contributed by atoms with van der Waals surface area (Å²) in [6.07, 6.45) is 6.77. The minimum atomic E-state index is -1.24. The fourth-order valence-corrected chi connectivity index (χ4v) is 3.90. The molecule has 0 aliphatic heterocycles. The predicted molar refractivity (Wildman–Crippen MR) is 122 cm³/mol. The minimum absolute atomic E-state index is 0.123. The number of benzene rings is 1. The van der Waals surface area contributed by atoms with Crippen LogP contribution in [0.3, 0.4) is 0 Å². The Hall–Kier alpha value is -3.45. The zero-order valence-electron chi connectivity index (χ0n) is 18.7. The number of ether oxygens (including phenoxy) is 1. The second-order valence-electron chi connectivity index (χ2n) is 8.91. The quantitative estimate of drug-likeness (QED) is 0.582. The molecule has 4 rings (SSSR count). The summed E-state index contributed by atoms with van der Waals surface area (Å²) < 4.78 is 7.66. The van der Waals surface area contributed by atoms with Crippen molar-refractivity contribution in [2.75, 3.05) is 0 Å². The molecular weight excluding hydrogens is 406 g/mol. The third kappa shape index (κ3) is 4.29. The summed E-state index contributed by atoms with van der Waals surface area (Å²) in [5.41, 5.74) is 4.15. The van der Waals surface area contributed by atoms with E-state index in [0.717, 1.165) is 24.1 Å². The van der Waals surface area contributed by atoms with Gasteiger partial charge < -0.3 is 14.9 Å². The highest BCUT2D eigenvalue weighted by Gasteiger charge is 2.33. The lowest BCUT2D eigenvalue weighted by atomic mass is 9.99. The number of rotatable bonds is 5. The van der Waals surface area contributed by atoms with Gasteiger partial charge in [-0.15, -0.1) is 0 Å². The van der Waals surface area contributed by atoms with Gasteiger partial charge in [0.05, 0.1) is 17.0 Å². The van der Waals surface area contributed by atoms with Crippen LogP contribution >= 0.6 is 0 Å². The summed E-state index contributed by atoms with van der Waals surface area (Å²) in [4.78, 5) is 17.0. The van der Waals surface area contributed by atoms with Crippen molar-refractivity contribution in [3.63, 3.8) is 0 Å². The monoisotopic (exact) mass is 433 g/mol. The Morgan fingerprint density at radius 3 is 2.53 bits per heavy atom. The molecule has 0 saturated carbocycles. The van der Waals surface area contributed by atoms with E-state index >= 15 is 0 Å². The zero-order valence-corrected chi connectivity index (χ0v) is 18.7. The van der Waals surface area contributed by atoms with Crippen molar-refractivity contribution < 1.29 is 19.7 Å². The number of phenols is 1. The van der Waals surface area contributed by atoms with E-state index in [1.54, 1.807) is 35.7 Å². The number of aromatic nitrogens is 3. The topological polar surface area (TPSA) is 97.0 Å². The summed E-state index contributed by atoms with van der Waals surface area (Å²) in [6, 6.07) is 8.55. The number of fused-ring (bicyclic) bond motifs is 1. The Kier molecular flexibility index (Phi) is 5.60. The molecule has 1 aliphatic rings. The number of hydrogen-bond donors (Lipinski definition) is 2. The van der Waals surface area contributed by atoms with Crippen LogP contribution in [-0.2, 0) is 9.53 Å². The van der Waals surface area contributed by atoms with Gasteiger partial charge in [0.15, 0.2) is 11.8 Å². The Bertz CT molecular complexity index is 1230. The molecule has 0 bridgehead atoms. The number of aromatic hydroxyl groups is 1. The summed E-state index contributed by atoms with van der Waals surface area (Å²) in [7, 11) is 0. The highest BCUT2D eigenvalue weighted by Crippen LogP contribution is 2.36. The normalized spacial score (nSPS) is 15.1. The van der Waals surface area contributed by atoms with E-state index in [0.29, 0.717) is 28.2 Å². The molecule has 7 nitrogen and oxygen atoms in total. The SMILES string of the molecule is Cc1nc2cc(C3=CC=CCC3)nn2c(-c2ccc(O)cc2)c1C(OC(C)(C)C)C(=O)O. The lowest BCUT2D eigenvalue weighted by Crippen LogP contribution is -2.29. The van der Waals surface area contributed by atoms with Crippen LogP contribution in [0.2, 0.25) is 0 Å². The molecule has 0 radical (unpaired) electrons. The highest BCUT2D eigenvalue weighted by molar-refractivity contribution is 5.81. The number of phenolic OH excluding ortho intramolecular Hbond substituents is 1. The van der Waals surface area contributed by atoms with E-state index in [4.69, 9.17) is 14.8 Å². The third-order valence-electron chi connectivity index (χ3n) is 5.27. The van der Waals surface area contributed by atoms with Crippen molar-refractivity contribution >= 4 is 17.2 Å². The van der Waals surface area contributed by atoms with Crippen LogP contribution in [0.4, 0.5) is 0 Å².